The Balaban J connectivity index is 1.53. The van der Waals surface area contributed by atoms with Crippen molar-refractivity contribution in [2.24, 2.45) is 0 Å². The van der Waals surface area contributed by atoms with Crippen LogP contribution in [0.1, 0.15) is 49.9 Å². The molecule has 4 rings (SSSR count). The number of aryl methyl sites for hydroxylation is 1. The minimum Gasteiger partial charge on any atom is -0.341 e. The van der Waals surface area contributed by atoms with E-state index < -0.39 is 0 Å². The van der Waals surface area contributed by atoms with Crippen molar-refractivity contribution in [2.45, 2.75) is 50.5 Å². The van der Waals surface area contributed by atoms with Gasteiger partial charge in [-0.15, -0.1) is 10.2 Å². The SMILES string of the molecule is CCn1cnnc1[C@H]1CCCN(C(=O)C2(c3ccccc3)CC2)C1. The number of hydrogen-bond donors (Lipinski definition) is 0. The van der Waals surface area contributed by atoms with Gasteiger partial charge >= 0.3 is 0 Å². The third kappa shape index (κ3) is 2.52. The minimum atomic E-state index is -0.262. The van der Waals surface area contributed by atoms with E-state index in [2.05, 4.69) is 38.7 Å². The Morgan fingerprint density at radius 1 is 1.29 bits per heavy atom. The van der Waals surface area contributed by atoms with Gasteiger partial charge in [-0.1, -0.05) is 30.3 Å². The van der Waals surface area contributed by atoms with Crippen molar-refractivity contribution in [1.29, 1.82) is 0 Å². The van der Waals surface area contributed by atoms with E-state index in [0.29, 0.717) is 11.8 Å². The number of carbonyl (C=O) groups is 1. The lowest BCUT2D eigenvalue weighted by atomic mass is 9.91. The molecule has 24 heavy (non-hydrogen) atoms. The number of amides is 1. The number of benzene rings is 1. The summed E-state index contributed by atoms with van der Waals surface area (Å²) >= 11 is 0. The quantitative estimate of drug-likeness (QED) is 0.869. The molecule has 5 nitrogen and oxygen atoms in total. The van der Waals surface area contributed by atoms with E-state index in [9.17, 15) is 4.79 Å². The second kappa shape index (κ2) is 6.04. The minimum absolute atomic E-state index is 0.262. The van der Waals surface area contributed by atoms with Crippen molar-refractivity contribution in [3.63, 3.8) is 0 Å². The Hall–Kier alpha value is -2.17. The van der Waals surface area contributed by atoms with Gasteiger partial charge in [-0.3, -0.25) is 4.79 Å². The molecule has 2 heterocycles. The second-order valence-corrected chi connectivity index (χ2v) is 7.01. The molecule has 1 saturated carbocycles. The van der Waals surface area contributed by atoms with Crippen LogP contribution in [0.25, 0.3) is 0 Å². The van der Waals surface area contributed by atoms with Crippen LogP contribution in [0.2, 0.25) is 0 Å². The molecule has 2 fully saturated rings. The zero-order valence-electron chi connectivity index (χ0n) is 14.2. The molecule has 1 atom stereocenters. The molecule has 2 aliphatic rings. The number of nitrogens with zero attached hydrogens (tertiary/aromatic N) is 4. The van der Waals surface area contributed by atoms with Crippen molar-refractivity contribution >= 4 is 5.91 Å². The molecule has 1 aromatic heterocycles. The Morgan fingerprint density at radius 2 is 2.08 bits per heavy atom. The fourth-order valence-corrected chi connectivity index (χ4v) is 4.01. The van der Waals surface area contributed by atoms with Crippen LogP contribution < -0.4 is 0 Å². The topological polar surface area (TPSA) is 51.0 Å². The molecule has 1 aromatic carbocycles. The molecule has 1 aliphatic carbocycles. The molecule has 1 amide bonds. The molecular weight excluding hydrogens is 300 g/mol. The van der Waals surface area contributed by atoms with Gasteiger partial charge in [-0.05, 0) is 38.2 Å². The maximum absolute atomic E-state index is 13.2. The van der Waals surface area contributed by atoms with Gasteiger partial charge in [0.15, 0.2) is 0 Å². The first-order valence-corrected chi connectivity index (χ1v) is 8.97. The van der Waals surface area contributed by atoms with Crippen LogP contribution in [0.3, 0.4) is 0 Å². The average Bonchev–Trinajstić information content (AvgIpc) is 3.32. The van der Waals surface area contributed by atoms with E-state index in [0.717, 1.165) is 51.1 Å². The summed E-state index contributed by atoms with van der Waals surface area (Å²) in [5.41, 5.74) is 0.913. The van der Waals surface area contributed by atoms with E-state index in [1.807, 2.05) is 18.2 Å². The summed E-state index contributed by atoms with van der Waals surface area (Å²) in [5.74, 6) is 1.64. The predicted molar refractivity (Wildman–Crippen MR) is 91.6 cm³/mol. The molecule has 2 aromatic rings. The van der Waals surface area contributed by atoms with Gasteiger partial charge in [0, 0.05) is 25.6 Å². The normalized spacial score (nSPS) is 22.4. The monoisotopic (exact) mass is 324 g/mol. The smallest absolute Gasteiger partial charge is 0.233 e. The maximum Gasteiger partial charge on any atom is 0.233 e. The Morgan fingerprint density at radius 3 is 2.79 bits per heavy atom. The molecule has 1 aliphatic heterocycles. The first-order chi connectivity index (χ1) is 11.7. The number of carbonyl (C=O) groups excluding carboxylic acids is 1. The summed E-state index contributed by atoms with van der Waals surface area (Å²) in [6.07, 6.45) is 5.87. The van der Waals surface area contributed by atoms with E-state index in [-0.39, 0.29) is 5.41 Å². The lowest BCUT2D eigenvalue weighted by molar-refractivity contribution is -0.135. The number of likely N-dealkylation sites (tertiary alicyclic amines) is 1. The lowest BCUT2D eigenvalue weighted by Gasteiger charge is -2.35. The van der Waals surface area contributed by atoms with E-state index in [4.69, 9.17) is 0 Å². The highest BCUT2D eigenvalue weighted by Crippen LogP contribution is 2.50. The van der Waals surface area contributed by atoms with E-state index >= 15 is 0 Å². The fourth-order valence-electron chi connectivity index (χ4n) is 4.01. The summed E-state index contributed by atoms with van der Waals surface area (Å²) in [7, 11) is 0. The Labute approximate surface area is 142 Å². The molecule has 0 radical (unpaired) electrons. The third-order valence-electron chi connectivity index (χ3n) is 5.55. The van der Waals surface area contributed by atoms with Gasteiger partial charge in [0.25, 0.3) is 0 Å². The summed E-state index contributed by atoms with van der Waals surface area (Å²) in [6, 6.07) is 10.3. The third-order valence-corrected chi connectivity index (χ3v) is 5.55. The van der Waals surface area contributed by atoms with Gasteiger partial charge in [0.05, 0.1) is 5.41 Å². The number of hydrogen-bond acceptors (Lipinski definition) is 3. The van der Waals surface area contributed by atoms with Crippen LogP contribution in [-0.2, 0) is 16.8 Å². The van der Waals surface area contributed by atoms with Gasteiger partial charge in [-0.2, -0.15) is 0 Å². The largest absolute Gasteiger partial charge is 0.341 e. The highest BCUT2D eigenvalue weighted by Gasteiger charge is 2.53. The van der Waals surface area contributed by atoms with Crippen molar-refractivity contribution in [3.05, 3.63) is 48.0 Å². The highest BCUT2D eigenvalue weighted by molar-refractivity contribution is 5.91. The fraction of sp³-hybridized carbons (Fsp3) is 0.526. The van der Waals surface area contributed by atoms with Gasteiger partial charge in [0.1, 0.15) is 12.2 Å². The van der Waals surface area contributed by atoms with Crippen LogP contribution in [0.5, 0.6) is 0 Å². The molecule has 0 bridgehead atoms. The average molecular weight is 324 g/mol. The van der Waals surface area contributed by atoms with E-state index in [1.54, 1.807) is 6.33 Å². The standard InChI is InChI=1S/C19H24N4O/c1-2-22-14-20-21-17(22)15-7-6-12-23(13-15)18(24)19(10-11-19)16-8-4-3-5-9-16/h3-5,8-9,14-15H,2,6-7,10-13H2,1H3/t15-/m0/s1. The van der Waals surface area contributed by atoms with Crippen LogP contribution in [-0.4, -0.2) is 38.7 Å². The summed E-state index contributed by atoms with van der Waals surface area (Å²) < 4.78 is 2.10. The van der Waals surface area contributed by atoms with Crippen molar-refractivity contribution in [1.82, 2.24) is 19.7 Å². The maximum atomic E-state index is 13.2. The first-order valence-electron chi connectivity index (χ1n) is 8.97. The molecule has 0 spiro atoms. The van der Waals surface area contributed by atoms with Crippen LogP contribution >= 0.6 is 0 Å². The molecule has 0 unspecified atom stereocenters. The van der Waals surface area contributed by atoms with Crippen LogP contribution in [0.4, 0.5) is 0 Å². The number of rotatable bonds is 4. The first kappa shape index (κ1) is 15.4. The second-order valence-electron chi connectivity index (χ2n) is 7.01. The molecular formula is C19H24N4O. The Kier molecular flexibility index (Phi) is 3.87. The van der Waals surface area contributed by atoms with Gasteiger partial charge < -0.3 is 9.47 Å². The highest BCUT2D eigenvalue weighted by atomic mass is 16.2. The summed E-state index contributed by atoms with van der Waals surface area (Å²) in [5, 5.41) is 8.37. The van der Waals surface area contributed by atoms with Crippen LogP contribution in [0.15, 0.2) is 36.7 Å². The van der Waals surface area contributed by atoms with E-state index in [1.165, 1.54) is 5.56 Å². The summed E-state index contributed by atoms with van der Waals surface area (Å²) in [4.78, 5) is 15.3. The van der Waals surface area contributed by atoms with Crippen molar-refractivity contribution in [2.75, 3.05) is 13.1 Å². The summed E-state index contributed by atoms with van der Waals surface area (Å²) in [6.45, 7) is 4.62. The molecule has 1 saturated heterocycles. The van der Waals surface area contributed by atoms with Gasteiger partial charge in [-0.25, -0.2) is 0 Å². The zero-order chi connectivity index (χ0) is 16.6. The number of piperidine rings is 1. The van der Waals surface area contributed by atoms with Crippen molar-refractivity contribution in [3.8, 4) is 0 Å². The molecule has 5 heteroatoms. The van der Waals surface area contributed by atoms with Crippen molar-refractivity contribution < 1.29 is 4.79 Å². The predicted octanol–water partition coefficient (Wildman–Crippen LogP) is 2.74. The molecule has 126 valence electrons. The zero-order valence-corrected chi connectivity index (χ0v) is 14.2. The number of aromatic nitrogens is 3. The molecule has 0 N–H and O–H groups in total. The van der Waals surface area contributed by atoms with Crippen LogP contribution in [0, 0.1) is 0 Å². The Bertz CT molecular complexity index is 720. The van der Waals surface area contributed by atoms with Gasteiger partial charge in [0.2, 0.25) is 5.91 Å². The lowest BCUT2D eigenvalue weighted by Crippen LogP contribution is -2.45.